The van der Waals surface area contributed by atoms with Gasteiger partial charge in [0.1, 0.15) is 17.3 Å². The van der Waals surface area contributed by atoms with E-state index >= 15 is 0 Å². The van der Waals surface area contributed by atoms with E-state index in [0.717, 1.165) is 4.90 Å². The monoisotopic (exact) mass is 423 g/mol. The Morgan fingerprint density at radius 3 is 2.23 bits per heavy atom. The second-order valence-corrected chi connectivity index (χ2v) is 7.12. The van der Waals surface area contributed by atoms with Crippen LogP contribution in [0.5, 0.6) is 5.75 Å². The molecule has 1 atom stereocenters. The highest BCUT2D eigenvalue weighted by molar-refractivity contribution is 6.52. The van der Waals surface area contributed by atoms with Gasteiger partial charge in [0.25, 0.3) is 11.7 Å². The normalized spacial score (nSPS) is 18.1. The molecule has 1 fully saturated rings. The van der Waals surface area contributed by atoms with Gasteiger partial charge < -0.3 is 10.2 Å². The molecule has 4 rings (SSSR count). The summed E-state index contributed by atoms with van der Waals surface area (Å²) in [6.07, 6.45) is 0. The molecule has 3 aromatic rings. The van der Waals surface area contributed by atoms with Crippen LogP contribution in [-0.4, -0.2) is 21.9 Å². The standard InChI is InChI=1S/C23H15ClFNO4/c24-14-11-9-13(10-12-14)21(28)19-20(15-5-1-2-6-16(15)25)26(23(30)22(19)29)17-7-3-4-8-18(17)27/h1-12,20,27-28H/b21-19+. The lowest BCUT2D eigenvalue weighted by atomic mass is 9.94. The Labute approximate surface area is 176 Å². The number of anilines is 1. The Morgan fingerprint density at radius 2 is 1.57 bits per heavy atom. The average Bonchev–Trinajstić information content (AvgIpc) is 2.99. The van der Waals surface area contributed by atoms with Crippen LogP contribution in [-0.2, 0) is 9.59 Å². The largest absolute Gasteiger partial charge is 0.507 e. The molecule has 5 nitrogen and oxygen atoms in total. The number of para-hydroxylation sites is 2. The van der Waals surface area contributed by atoms with Gasteiger partial charge in [0.2, 0.25) is 0 Å². The number of carbonyl (C=O) groups excluding carboxylic acids is 2. The fourth-order valence-corrected chi connectivity index (χ4v) is 3.63. The van der Waals surface area contributed by atoms with Crippen molar-refractivity contribution in [2.75, 3.05) is 4.90 Å². The molecule has 2 N–H and O–H groups in total. The van der Waals surface area contributed by atoms with Crippen LogP contribution < -0.4 is 4.90 Å². The molecule has 1 aliphatic rings. The summed E-state index contributed by atoms with van der Waals surface area (Å²) in [5, 5.41) is 21.6. The Balaban J connectivity index is 1.99. The summed E-state index contributed by atoms with van der Waals surface area (Å²) < 4.78 is 14.7. The van der Waals surface area contributed by atoms with Crippen molar-refractivity contribution in [3.63, 3.8) is 0 Å². The number of aliphatic hydroxyl groups excluding tert-OH is 1. The fourth-order valence-electron chi connectivity index (χ4n) is 3.50. The van der Waals surface area contributed by atoms with Crippen molar-refractivity contribution in [3.8, 4) is 5.75 Å². The number of ketones is 1. The molecule has 0 aliphatic carbocycles. The average molecular weight is 424 g/mol. The maximum atomic E-state index is 14.7. The quantitative estimate of drug-likeness (QED) is 0.360. The van der Waals surface area contributed by atoms with E-state index in [1.807, 2.05) is 0 Å². The van der Waals surface area contributed by atoms with Gasteiger partial charge in [-0.05, 0) is 42.5 Å². The fraction of sp³-hybridized carbons (Fsp3) is 0.0435. The number of Topliss-reactive ketones (excluding diaryl/α,β-unsaturated/α-hetero) is 1. The van der Waals surface area contributed by atoms with E-state index in [1.54, 1.807) is 18.2 Å². The number of aliphatic hydroxyl groups is 1. The zero-order valence-corrected chi connectivity index (χ0v) is 16.2. The number of hydrogen-bond acceptors (Lipinski definition) is 4. The van der Waals surface area contributed by atoms with Gasteiger partial charge >= 0.3 is 0 Å². The molecule has 3 aromatic carbocycles. The minimum absolute atomic E-state index is 0.00969. The smallest absolute Gasteiger partial charge is 0.300 e. The van der Waals surface area contributed by atoms with Crippen molar-refractivity contribution >= 4 is 34.7 Å². The maximum absolute atomic E-state index is 14.7. The van der Waals surface area contributed by atoms with Crippen LogP contribution in [0.15, 0.2) is 78.4 Å². The van der Waals surface area contributed by atoms with E-state index in [0.29, 0.717) is 5.02 Å². The number of halogens is 2. The van der Waals surface area contributed by atoms with Gasteiger partial charge in [-0.15, -0.1) is 0 Å². The third-order valence-corrected chi connectivity index (χ3v) is 5.16. The third kappa shape index (κ3) is 3.21. The summed E-state index contributed by atoms with van der Waals surface area (Å²) in [7, 11) is 0. The molecule has 150 valence electrons. The van der Waals surface area contributed by atoms with Gasteiger partial charge in [-0.3, -0.25) is 14.5 Å². The molecule has 1 aliphatic heterocycles. The number of rotatable bonds is 3. The minimum atomic E-state index is -1.27. The number of nitrogens with zero attached hydrogens (tertiary/aromatic N) is 1. The number of phenols is 1. The molecule has 0 bridgehead atoms. The summed E-state index contributed by atoms with van der Waals surface area (Å²) in [5.74, 6) is -3.35. The summed E-state index contributed by atoms with van der Waals surface area (Å²) in [6, 6.07) is 16.3. The molecular weight excluding hydrogens is 409 g/mol. The first-order chi connectivity index (χ1) is 14.4. The zero-order valence-electron chi connectivity index (χ0n) is 15.4. The van der Waals surface area contributed by atoms with E-state index in [1.165, 1.54) is 54.6 Å². The predicted octanol–water partition coefficient (Wildman–Crippen LogP) is 4.81. The molecule has 1 amide bonds. The number of benzene rings is 3. The van der Waals surface area contributed by atoms with Crippen molar-refractivity contribution in [2.45, 2.75) is 6.04 Å². The lowest BCUT2D eigenvalue weighted by Gasteiger charge is -2.26. The highest BCUT2D eigenvalue weighted by atomic mass is 35.5. The van der Waals surface area contributed by atoms with Crippen LogP contribution in [0.1, 0.15) is 17.2 Å². The number of hydrogen-bond donors (Lipinski definition) is 2. The van der Waals surface area contributed by atoms with Crippen LogP contribution in [0.2, 0.25) is 5.02 Å². The van der Waals surface area contributed by atoms with Crippen molar-refractivity contribution < 1.29 is 24.2 Å². The maximum Gasteiger partial charge on any atom is 0.300 e. The van der Waals surface area contributed by atoms with Crippen LogP contribution in [0.25, 0.3) is 5.76 Å². The van der Waals surface area contributed by atoms with Crippen LogP contribution in [0.3, 0.4) is 0 Å². The molecule has 1 unspecified atom stereocenters. The Hall–Kier alpha value is -3.64. The number of carbonyl (C=O) groups is 2. The molecule has 1 saturated heterocycles. The van der Waals surface area contributed by atoms with E-state index < -0.39 is 29.3 Å². The molecule has 0 saturated carbocycles. The van der Waals surface area contributed by atoms with Gasteiger partial charge in [0, 0.05) is 16.1 Å². The summed E-state index contributed by atoms with van der Waals surface area (Å²) in [5.41, 5.74) is 0.00479. The number of phenolic OH excluding ortho intramolecular Hbond substituents is 1. The zero-order chi connectivity index (χ0) is 21.4. The highest BCUT2D eigenvalue weighted by Gasteiger charge is 2.48. The SMILES string of the molecule is O=C1C(=O)N(c2ccccc2O)C(c2ccccc2F)/C1=C(\O)c1ccc(Cl)cc1. The van der Waals surface area contributed by atoms with Crippen molar-refractivity contribution in [1.29, 1.82) is 0 Å². The first-order valence-corrected chi connectivity index (χ1v) is 9.37. The minimum Gasteiger partial charge on any atom is -0.507 e. The van der Waals surface area contributed by atoms with Gasteiger partial charge in [-0.25, -0.2) is 4.39 Å². The molecular formula is C23H15ClFNO4. The summed E-state index contributed by atoms with van der Waals surface area (Å²) in [6.45, 7) is 0. The van der Waals surface area contributed by atoms with E-state index in [4.69, 9.17) is 11.6 Å². The first kappa shape index (κ1) is 19.7. The lowest BCUT2D eigenvalue weighted by molar-refractivity contribution is -0.132. The molecule has 1 heterocycles. The number of aromatic hydroxyl groups is 1. The van der Waals surface area contributed by atoms with Gasteiger partial charge in [0.05, 0.1) is 17.3 Å². The van der Waals surface area contributed by atoms with Crippen molar-refractivity contribution in [2.24, 2.45) is 0 Å². The van der Waals surface area contributed by atoms with Crippen molar-refractivity contribution in [3.05, 3.63) is 100 Å². The van der Waals surface area contributed by atoms with Gasteiger partial charge in [0.15, 0.2) is 0 Å². The summed E-state index contributed by atoms with van der Waals surface area (Å²) >= 11 is 5.89. The lowest BCUT2D eigenvalue weighted by Crippen LogP contribution is -2.29. The van der Waals surface area contributed by atoms with Gasteiger partial charge in [-0.1, -0.05) is 41.9 Å². The van der Waals surface area contributed by atoms with E-state index in [2.05, 4.69) is 0 Å². The van der Waals surface area contributed by atoms with Crippen LogP contribution >= 0.6 is 11.6 Å². The van der Waals surface area contributed by atoms with E-state index in [9.17, 15) is 24.2 Å². The predicted molar refractivity (Wildman–Crippen MR) is 111 cm³/mol. The topological polar surface area (TPSA) is 77.8 Å². The second-order valence-electron chi connectivity index (χ2n) is 6.69. The van der Waals surface area contributed by atoms with Crippen molar-refractivity contribution in [1.82, 2.24) is 0 Å². The Morgan fingerprint density at radius 1 is 0.933 bits per heavy atom. The third-order valence-electron chi connectivity index (χ3n) is 4.90. The molecule has 30 heavy (non-hydrogen) atoms. The highest BCUT2D eigenvalue weighted by Crippen LogP contribution is 2.45. The Bertz CT molecular complexity index is 1190. The summed E-state index contributed by atoms with van der Waals surface area (Å²) in [4.78, 5) is 26.9. The molecule has 7 heteroatoms. The first-order valence-electron chi connectivity index (χ1n) is 8.99. The Kier molecular flexibility index (Phi) is 5.01. The molecule has 0 spiro atoms. The van der Waals surface area contributed by atoms with Crippen LogP contribution in [0, 0.1) is 5.82 Å². The second kappa shape index (κ2) is 7.65. The van der Waals surface area contributed by atoms with Gasteiger partial charge in [-0.2, -0.15) is 0 Å². The molecule has 0 radical (unpaired) electrons. The van der Waals surface area contributed by atoms with E-state index in [-0.39, 0.29) is 28.1 Å². The molecule has 0 aromatic heterocycles. The van der Waals surface area contributed by atoms with Crippen LogP contribution in [0.4, 0.5) is 10.1 Å². The number of amides is 1.